The first kappa shape index (κ1) is 24.7. The first-order chi connectivity index (χ1) is 14.9. The van der Waals surface area contributed by atoms with E-state index in [4.69, 9.17) is 9.15 Å². The molecule has 6 heteroatoms. The number of nitrogens with zero attached hydrogens (tertiary/aromatic N) is 2. The molecule has 0 bridgehead atoms. The highest BCUT2D eigenvalue weighted by Gasteiger charge is 2.26. The first-order valence-corrected chi connectivity index (χ1v) is 11.1. The molecule has 0 aliphatic heterocycles. The molecule has 1 amide bonds. The van der Waals surface area contributed by atoms with Gasteiger partial charge in [0, 0.05) is 6.54 Å². The molecular weight excluding hydrogens is 392 g/mol. The molecule has 0 N–H and O–H groups in total. The molecule has 0 saturated heterocycles. The van der Waals surface area contributed by atoms with Gasteiger partial charge in [-0.1, -0.05) is 50.1 Å². The third-order valence-electron chi connectivity index (χ3n) is 5.49. The quantitative estimate of drug-likeness (QED) is 0.353. The van der Waals surface area contributed by atoms with Crippen LogP contribution in [-0.4, -0.2) is 54.5 Å². The minimum absolute atomic E-state index is 0.0164. The maximum Gasteiger partial charge on any atom is 0.322 e. The van der Waals surface area contributed by atoms with E-state index in [9.17, 15) is 9.59 Å². The van der Waals surface area contributed by atoms with Crippen molar-refractivity contribution in [2.75, 3.05) is 26.7 Å². The molecule has 1 atom stereocenters. The van der Waals surface area contributed by atoms with Crippen molar-refractivity contribution < 1.29 is 18.7 Å². The number of methoxy groups -OCH3 is 1. The summed E-state index contributed by atoms with van der Waals surface area (Å²) in [5, 5.41) is 0. The second-order valence-corrected chi connectivity index (χ2v) is 7.94. The van der Waals surface area contributed by atoms with Crippen LogP contribution in [0, 0.1) is 6.92 Å². The summed E-state index contributed by atoms with van der Waals surface area (Å²) in [7, 11) is 1.39. The number of carbonyl (C=O) groups excluding carboxylic acids is 2. The van der Waals surface area contributed by atoms with E-state index in [2.05, 4.69) is 19.1 Å². The number of hydrogen-bond acceptors (Lipinski definition) is 5. The fourth-order valence-electron chi connectivity index (χ4n) is 3.53. The minimum atomic E-state index is -0.465. The Morgan fingerprint density at radius 3 is 2.42 bits per heavy atom. The average molecular weight is 429 g/mol. The van der Waals surface area contributed by atoms with E-state index in [-0.39, 0.29) is 18.4 Å². The Bertz CT molecular complexity index is 803. The second-order valence-electron chi connectivity index (χ2n) is 7.94. The molecule has 1 aromatic carbocycles. The van der Waals surface area contributed by atoms with Crippen LogP contribution < -0.4 is 0 Å². The van der Waals surface area contributed by atoms with Crippen LogP contribution in [0.2, 0.25) is 0 Å². The maximum atomic E-state index is 13.3. The predicted octanol–water partition coefficient (Wildman–Crippen LogP) is 4.21. The van der Waals surface area contributed by atoms with Crippen molar-refractivity contribution >= 4 is 11.9 Å². The molecule has 1 heterocycles. The van der Waals surface area contributed by atoms with Gasteiger partial charge in [-0.05, 0) is 50.9 Å². The number of unbranched alkanes of at least 4 members (excludes halogenated alkanes) is 2. The van der Waals surface area contributed by atoms with E-state index >= 15 is 0 Å². The van der Waals surface area contributed by atoms with E-state index in [1.807, 2.05) is 47.1 Å². The van der Waals surface area contributed by atoms with Crippen LogP contribution in [0.15, 0.2) is 46.9 Å². The predicted molar refractivity (Wildman–Crippen MR) is 122 cm³/mol. The number of aryl methyl sites for hydroxylation is 1. The van der Waals surface area contributed by atoms with Crippen LogP contribution >= 0.6 is 0 Å². The molecule has 0 unspecified atom stereocenters. The lowest BCUT2D eigenvalue weighted by Gasteiger charge is -2.30. The Kier molecular flexibility index (Phi) is 10.3. The molecule has 0 saturated carbocycles. The molecule has 0 fully saturated rings. The number of furan rings is 1. The van der Waals surface area contributed by atoms with Gasteiger partial charge in [0.2, 0.25) is 5.91 Å². The lowest BCUT2D eigenvalue weighted by atomic mass is 10.1. The lowest BCUT2D eigenvalue weighted by Crippen LogP contribution is -2.47. The smallest absolute Gasteiger partial charge is 0.322 e. The van der Waals surface area contributed by atoms with Gasteiger partial charge in [-0.25, -0.2) is 0 Å². The van der Waals surface area contributed by atoms with Gasteiger partial charge in [0.15, 0.2) is 0 Å². The Hall–Kier alpha value is -2.60. The minimum Gasteiger partial charge on any atom is -0.468 e. The monoisotopic (exact) mass is 428 g/mol. The van der Waals surface area contributed by atoms with Crippen LogP contribution in [-0.2, 0) is 27.3 Å². The average Bonchev–Trinajstić information content (AvgIpc) is 3.20. The molecule has 2 aromatic rings. The first-order valence-electron chi connectivity index (χ1n) is 11.1. The number of hydrogen-bond donors (Lipinski definition) is 0. The molecule has 0 radical (unpaired) electrons. The van der Waals surface area contributed by atoms with Crippen molar-refractivity contribution in [1.82, 2.24) is 9.80 Å². The van der Waals surface area contributed by atoms with E-state index in [0.717, 1.165) is 37.2 Å². The van der Waals surface area contributed by atoms with Gasteiger partial charge >= 0.3 is 5.97 Å². The third kappa shape index (κ3) is 8.21. The topological polar surface area (TPSA) is 63.0 Å². The molecule has 0 spiro atoms. The van der Waals surface area contributed by atoms with Gasteiger partial charge in [-0.15, -0.1) is 0 Å². The summed E-state index contributed by atoms with van der Waals surface area (Å²) >= 11 is 0. The number of amides is 1. The highest BCUT2D eigenvalue weighted by Crippen LogP contribution is 2.13. The summed E-state index contributed by atoms with van der Waals surface area (Å²) in [4.78, 5) is 29.2. The summed E-state index contributed by atoms with van der Waals surface area (Å²) in [6, 6.07) is 13.5. The summed E-state index contributed by atoms with van der Waals surface area (Å²) in [6.45, 7) is 7.68. The zero-order valence-corrected chi connectivity index (χ0v) is 19.3. The standard InChI is InChI=1S/C25H36N2O4/c1-5-6-10-16-26(21(3)25(29)30-4)19-24(28)27(18-23-14-13-20(2)31-23)17-15-22-11-8-7-9-12-22/h7-9,11-14,21H,5-6,10,15-19H2,1-4H3/t21-/m0/s1. The normalized spacial score (nSPS) is 12.0. The third-order valence-corrected chi connectivity index (χ3v) is 5.49. The van der Waals surface area contributed by atoms with E-state index in [1.54, 1.807) is 6.92 Å². The Labute approximate surface area is 186 Å². The zero-order chi connectivity index (χ0) is 22.6. The summed E-state index contributed by atoms with van der Waals surface area (Å²) in [5.41, 5.74) is 1.18. The highest BCUT2D eigenvalue weighted by atomic mass is 16.5. The maximum absolute atomic E-state index is 13.3. The van der Waals surface area contributed by atoms with Crippen molar-refractivity contribution in [2.24, 2.45) is 0 Å². The van der Waals surface area contributed by atoms with Crippen molar-refractivity contribution in [2.45, 2.75) is 59.0 Å². The zero-order valence-electron chi connectivity index (χ0n) is 19.3. The molecule has 1 aromatic heterocycles. The van der Waals surface area contributed by atoms with Gasteiger partial charge in [-0.3, -0.25) is 14.5 Å². The van der Waals surface area contributed by atoms with Gasteiger partial charge in [0.1, 0.15) is 17.6 Å². The summed E-state index contributed by atoms with van der Waals surface area (Å²) < 4.78 is 10.6. The number of esters is 1. The molecule has 0 aliphatic carbocycles. The van der Waals surface area contributed by atoms with Gasteiger partial charge < -0.3 is 14.1 Å². The molecular formula is C25H36N2O4. The fourth-order valence-corrected chi connectivity index (χ4v) is 3.53. The van der Waals surface area contributed by atoms with Crippen LogP contribution in [0.3, 0.4) is 0 Å². The Balaban J connectivity index is 2.11. The number of benzene rings is 1. The van der Waals surface area contributed by atoms with Crippen molar-refractivity contribution in [1.29, 1.82) is 0 Å². The fraction of sp³-hybridized carbons (Fsp3) is 0.520. The van der Waals surface area contributed by atoms with Crippen LogP contribution in [0.5, 0.6) is 0 Å². The second kappa shape index (κ2) is 13.0. The van der Waals surface area contributed by atoms with E-state index in [0.29, 0.717) is 19.6 Å². The molecule has 2 rings (SSSR count). The van der Waals surface area contributed by atoms with Crippen LogP contribution in [0.4, 0.5) is 0 Å². The Morgan fingerprint density at radius 2 is 1.81 bits per heavy atom. The number of rotatable bonds is 13. The van der Waals surface area contributed by atoms with Gasteiger partial charge in [-0.2, -0.15) is 0 Å². The van der Waals surface area contributed by atoms with Crippen LogP contribution in [0.25, 0.3) is 0 Å². The van der Waals surface area contributed by atoms with Crippen LogP contribution in [0.1, 0.15) is 50.2 Å². The molecule has 170 valence electrons. The van der Waals surface area contributed by atoms with Crippen molar-refractivity contribution in [3.05, 3.63) is 59.5 Å². The summed E-state index contributed by atoms with van der Waals surface area (Å²) in [5.74, 6) is 1.25. The molecule has 31 heavy (non-hydrogen) atoms. The highest BCUT2D eigenvalue weighted by molar-refractivity contribution is 5.80. The summed E-state index contributed by atoms with van der Waals surface area (Å²) in [6.07, 6.45) is 3.83. The SMILES string of the molecule is CCCCCN(CC(=O)N(CCc1ccccc1)Cc1ccc(C)o1)[C@@H](C)C(=O)OC. The van der Waals surface area contributed by atoms with E-state index < -0.39 is 6.04 Å². The van der Waals surface area contributed by atoms with Crippen molar-refractivity contribution in [3.63, 3.8) is 0 Å². The largest absolute Gasteiger partial charge is 0.468 e. The number of ether oxygens (including phenoxy) is 1. The van der Waals surface area contributed by atoms with Gasteiger partial charge in [0.05, 0.1) is 20.2 Å². The van der Waals surface area contributed by atoms with Crippen molar-refractivity contribution in [3.8, 4) is 0 Å². The lowest BCUT2D eigenvalue weighted by molar-refractivity contribution is -0.147. The Morgan fingerprint density at radius 1 is 1.06 bits per heavy atom. The molecule has 6 nitrogen and oxygen atoms in total. The number of carbonyl (C=O) groups is 2. The molecule has 0 aliphatic rings. The van der Waals surface area contributed by atoms with Gasteiger partial charge in [0.25, 0.3) is 0 Å². The van der Waals surface area contributed by atoms with E-state index in [1.165, 1.54) is 12.7 Å².